The molecule has 1 aromatic rings. The van der Waals surface area contributed by atoms with E-state index in [1.807, 2.05) is 44.2 Å². The molecule has 1 aromatic carbocycles. The van der Waals surface area contributed by atoms with Gasteiger partial charge in [0.1, 0.15) is 0 Å². The number of carbonyl (C=O) groups excluding carboxylic acids is 3. The number of rotatable bonds is 7. The van der Waals surface area contributed by atoms with Gasteiger partial charge < -0.3 is 10.1 Å². The quantitative estimate of drug-likeness (QED) is 0.754. The molecule has 0 radical (unpaired) electrons. The molecule has 0 aliphatic carbocycles. The molecule has 0 fully saturated rings. The number of esters is 1. The highest BCUT2D eigenvalue weighted by molar-refractivity contribution is 5.95. The van der Waals surface area contributed by atoms with Crippen LogP contribution in [0.15, 0.2) is 30.3 Å². The Bertz CT molecular complexity index is 502. The summed E-state index contributed by atoms with van der Waals surface area (Å²) in [6.07, 6.45) is 0.952. The second kappa shape index (κ2) is 9.55. The summed E-state index contributed by atoms with van der Waals surface area (Å²) in [4.78, 5) is 34.4. The van der Waals surface area contributed by atoms with Crippen LogP contribution in [0.25, 0.3) is 0 Å². The lowest BCUT2D eigenvalue weighted by molar-refractivity contribution is -0.148. The normalized spacial score (nSPS) is 11.4. The number of hydrogen-bond acceptors (Lipinski definition) is 4. The SMILES string of the molecule is CCCNC(=O)NC(=O)COC(=O)C[C@@H](C)c1ccccc1. The van der Waals surface area contributed by atoms with E-state index in [4.69, 9.17) is 4.74 Å². The Morgan fingerprint density at radius 3 is 2.50 bits per heavy atom. The van der Waals surface area contributed by atoms with Crippen LogP contribution in [-0.4, -0.2) is 31.1 Å². The Hall–Kier alpha value is -2.37. The van der Waals surface area contributed by atoms with Crippen LogP contribution in [0, 0.1) is 0 Å². The van der Waals surface area contributed by atoms with Crippen LogP contribution >= 0.6 is 0 Å². The van der Waals surface area contributed by atoms with E-state index in [1.165, 1.54) is 0 Å². The van der Waals surface area contributed by atoms with Gasteiger partial charge in [-0.3, -0.25) is 14.9 Å². The first kappa shape index (κ1) is 17.7. The molecule has 0 spiro atoms. The maximum atomic E-state index is 11.7. The third-order valence-corrected chi connectivity index (χ3v) is 2.99. The molecule has 6 nitrogen and oxygen atoms in total. The summed E-state index contributed by atoms with van der Waals surface area (Å²) in [5, 5.41) is 4.58. The molecular weight excluding hydrogens is 284 g/mol. The van der Waals surface area contributed by atoms with E-state index < -0.39 is 24.5 Å². The predicted molar refractivity (Wildman–Crippen MR) is 82.3 cm³/mol. The zero-order chi connectivity index (χ0) is 16.4. The lowest BCUT2D eigenvalue weighted by Gasteiger charge is -2.11. The van der Waals surface area contributed by atoms with Crippen molar-refractivity contribution in [2.24, 2.45) is 0 Å². The minimum atomic E-state index is -0.644. The van der Waals surface area contributed by atoms with Gasteiger partial charge in [0.15, 0.2) is 6.61 Å². The van der Waals surface area contributed by atoms with E-state index in [0.717, 1.165) is 12.0 Å². The van der Waals surface area contributed by atoms with Gasteiger partial charge in [0, 0.05) is 6.54 Å². The Labute approximate surface area is 130 Å². The summed E-state index contributed by atoms with van der Waals surface area (Å²) < 4.78 is 4.87. The fraction of sp³-hybridized carbons (Fsp3) is 0.438. The molecule has 1 rings (SSSR count). The van der Waals surface area contributed by atoms with Crippen molar-refractivity contribution >= 4 is 17.9 Å². The number of amides is 3. The van der Waals surface area contributed by atoms with E-state index in [-0.39, 0.29) is 12.3 Å². The van der Waals surface area contributed by atoms with Crippen molar-refractivity contribution in [3.63, 3.8) is 0 Å². The van der Waals surface area contributed by atoms with Crippen molar-refractivity contribution in [2.75, 3.05) is 13.2 Å². The molecule has 0 saturated heterocycles. The van der Waals surface area contributed by atoms with Gasteiger partial charge in [-0.05, 0) is 17.9 Å². The zero-order valence-corrected chi connectivity index (χ0v) is 12.9. The first-order chi connectivity index (χ1) is 10.5. The fourth-order valence-corrected chi connectivity index (χ4v) is 1.80. The number of benzene rings is 1. The lowest BCUT2D eigenvalue weighted by atomic mass is 9.98. The molecule has 0 unspecified atom stereocenters. The maximum Gasteiger partial charge on any atom is 0.321 e. The Morgan fingerprint density at radius 2 is 1.86 bits per heavy atom. The first-order valence-corrected chi connectivity index (χ1v) is 7.31. The molecule has 0 heterocycles. The molecule has 3 amide bonds. The minimum Gasteiger partial charge on any atom is -0.456 e. The number of carbonyl (C=O) groups is 3. The maximum absolute atomic E-state index is 11.7. The van der Waals surface area contributed by atoms with Gasteiger partial charge >= 0.3 is 12.0 Å². The van der Waals surface area contributed by atoms with Gasteiger partial charge in [-0.2, -0.15) is 0 Å². The van der Waals surface area contributed by atoms with E-state index in [2.05, 4.69) is 10.6 Å². The molecule has 0 saturated carbocycles. The highest BCUT2D eigenvalue weighted by Gasteiger charge is 2.14. The third-order valence-electron chi connectivity index (χ3n) is 2.99. The summed E-state index contributed by atoms with van der Waals surface area (Å²) in [5.74, 6) is -1.11. The van der Waals surface area contributed by atoms with E-state index in [0.29, 0.717) is 6.54 Å². The Balaban J connectivity index is 2.28. The zero-order valence-electron chi connectivity index (χ0n) is 12.9. The summed E-state index contributed by atoms with van der Waals surface area (Å²) in [6.45, 7) is 3.83. The molecule has 120 valence electrons. The highest BCUT2D eigenvalue weighted by Crippen LogP contribution is 2.18. The largest absolute Gasteiger partial charge is 0.456 e. The molecule has 0 bridgehead atoms. The van der Waals surface area contributed by atoms with E-state index >= 15 is 0 Å². The summed E-state index contributed by atoms with van der Waals surface area (Å²) >= 11 is 0. The minimum absolute atomic E-state index is 0.00427. The van der Waals surface area contributed by atoms with Crippen molar-refractivity contribution in [3.8, 4) is 0 Å². The summed E-state index contributed by atoms with van der Waals surface area (Å²) in [6, 6.07) is 8.99. The standard InChI is InChI=1S/C16H22N2O4/c1-3-9-17-16(21)18-14(19)11-22-15(20)10-12(2)13-7-5-4-6-8-13/h4-8,12H,3,9-11H2,1-2H3,(H2,17,18,19,21)/t12-/m1/s1. The van der Waals surface area contributed by atoms with Gasteiger partial charge in [0.2, 0.25) is 0 Å². The predicted octanol–water partition coefficient (Wildman–Crippen LogP) is 1.96. The number of urea groups is 1. The smallest absolute Gasteiger partial charge is 0.321 e. The van der Waals surface area contributed by atoms with Crippen LogP contribution in [0.1, 0.15) is 38.2 Å². The van der Waals surface area contributed by atoms with Gasteiger partial charge in [0.25, 0.3) is 5.91 Å². The van der Waals surface area contributed by atoms with Gasteiger partial charge in [0.05, 0.1) is 6.42 Å². The molecular formula is C16H22N2O4. The first-order valence-electron chi connectivity index (χ1n) is 7.31. The molecule has 22 heavy (non-hydrogen) atoms. The van der Waals surface area contributed by atoms with Crippen LogP contribution in [0.3, 0.4) is 0 Å². The second-order valence-electron chi connectivity index (χ2n) is 4.98. The number of imide groups is 1. The van der Waals surface area contributed by atoms with Crippen molar-refractivity contribution in [3.05, 3.63) is 35.9 Å². The second-order valence-corrected chi connectivity index (χ2v) is 4.98. The number of hydrogen-bond donors (Lipinski definition) is 2. The van der Waals surface area contributed by atoms with Gasteiger partial charge in [-0.15, -0.1) is 0 Å². The van der Waals surface area contributed by atoms with E-state index in [1.54, 1.807) is 0 Å². The molecule has 0 aliphatic heterocycles. The van der Waals surface area contributed by atoms with Crippen LogP contribution < -0.4 is 10.6 Å². The van der Waals surface area contributed by atoms with Crippen LogP contribution in [-0.2, 0) is 14.3 Å². The topological polar surface area (TPSA) is 84.5 Å². The summed E-state index contributed by atoms with van der Waals surface area (Å²) in [5.41, 5.74) is 1.03. The average Bonchev–Trinajstić information content (AvgIpc) is 2.51. The van der Waals surface area contributed by atoms with E-state index in [9.17, 15) is 14.4 Å². The Morgan fingerprint density at radius 1 is 1.18 bits per heavy atom. The third kappa shape index (κ3) is 6.88. The van der Waals surface area contributed by atoms with Crippen molar-refractivity contribution in [2.45, 2.75) is 32.6 Å². The van der Waals surface area contributed by atoms with Crippen molar-refractivity contribution < 1.29 is 19.1 Å². The van der Waals surface area contributed by atoms with Crippen molar-refractivity contribution in [1.29, 1.82) is 0 Å². The fourth-order valence-electron chi connectivity index (χ4n) is 1.80. The van der Waals surface area contributed by atoms with Crippen LogP contribution in [0.2, 0.25) is 0 Å². The number of nitrogens with one attached hydrogen (secondary N) is 2. The lowest BCUT2D eigenvalue weighted by Crippen LogP contribution is -2.41. The summed E-state index contributed by atoms with van der Waals surface area (Å²) in [7, 11) is 0. The molecule has 0 aliphatic rings. The Kier molecular flexibility index (Phi) is 7.67. The monoisotopic (exact) mass is 306 g/mol. The molecule has 1 atom stereocenters. The molecule has 6 heteroatoms. The molecule has 0 aromatic heterocycles. The van der Waals surface area contributed by atoms with Gasteiger partial charge in [-0.25, -0.2) is 4.79 Å². The van der Waals surface area contributed by atoms with Crippen molar-refractivity contribution in [1.82, 2.24) is 10.6 Å². The number of ether oxygens (including phenoxy) is 1. The highest BCUT2D eigenvalue weighted by atomic mass is 16.5. The van der Waals surface area contributed by atoms with Crippen LogP contribution in [0.4, 0.5) is 4.79 Å². The van der Waals surface area contributed by atoms with Crippen LogP contribution in [0.5, 0.6) is 0 Å². The molecule has 2 N–H and O–H groups in total. The van der Waals surface area contributed by atoms with Gasteiger partial charge in [-0.1, -0.05) is 44.2 Å². The average molecular weight is 306 g/mol.